The van der Waals surface area contributed by atoms with Gasteiger partial charge in [-0.3, -0.25) is 0 Å². The Morgan fingerprint density at radius 2 is 1.74 bits per heavy atom. The number of rotatable bonds is 4. The smallest absolute Gasteiger partial charge is 0.123 e. The molecular weight excluding hydrogens is 245 g/mol. The molecule has 0 amide bonds. The summed E-state index contributed by atoms with van der Waals surface area (Å²) in [6, 6.07) is 14.2. The number of hydrogen-bond acceptors (Lipinski definition) is 3. The van der Waals surface area contributed by atoms with Crippen molar-refractivity contribution in [1.82, 2.24) is 0 Å². The molecule has 2 aromatic carbocycles. The molecule has 0 saturated heterocycles. The third-order valence-electron chi connectivity index (χ3n) is 2.65. The highest BCUT2D eigenvalue weighted by Gasteiger charge is 2.08. The maximum absolute atomic E-state index is 12.7. The highest BCUT2D eigenvalue weighted by Crippen LogP contribution is 2.17. The van der Waals surface area contributed by atoms with Crippen molar-refractivity contribution in [1.29, 1.82) is 5.26 Å². The minimum Gasteiger partial charge on any atom is -0.491 e. The van der Waals surface area contributed by atoms with Gasteiger partial charge in [-0.25, -0.2) is 4.39 Å². The third kappa shape index (κ3) is 3.54. The number of nitrogens with zero attached hydrogens (tertiary/aromatic N) is 1. The summed E-state index contributed by atoms with van der Waals surface area (Å²) in [5, 5.41) is 18.6. The highest BCUT2D eigenvalue weighted by molar-refractivity contribution is 5.32. The van der Waals surface area contributed by atoms with Crippen LogP contribution in [0.5, 0.6) is 5.75 Å². The molecular formula is C15H12FNO2. The molecule has 0 radical (unpaired) electrons. The highest BCUT2D eigenvalue weighted by atomic mass is 19.1. The van der Waals surface area contributed by atoms with Crippen molar-refractivity contribution in [3.63, 3.8) is 0 Å². The van der Waals surface area contributed by atoms with E-state index in [1.54, 1.807) is 24.3 Å². The summed E-state index contributed by atoms with van der Waals surface area (Å²) >= 11 is 0. The zero-order valence-corrected chi connectivity index (χ0v) is 10.1. The van der Waals surface area contributed by atoms with Gasteiger partial charge in [0.15, 0.2) is 0 Å². The van der Waals surface area contributed by atoms with Crippen molar-refractivity contribution < 1.29 is 14.2 Å². The second kappa shape index (κ2) is 5.98. The van der Waals surface area contributed by atoms with Crippen LogP contribution in [0.3, 0.4) is 0 Å². The van der Waals surface area contributed by atoms with E-state index in [0.717, 1.165) is 0 Å². The molecule has 1 N–H and O–H groups in total. The van der Waals surface area contributed by atoms with E-state index in [-0.39, 0.29) is 12.4 Å². The van der Waals surface area contributed by atoms with Crippen LogP contribution >= 0.6 is 0 Å². The summed E-state index contributed by atoms with van der Waals surface area (Å²) in [4.78, 5) is 0. The van der Waals surface area contributed by atoms with Crippen molar-refractivity contribution >= 4 is 0 Å². The minimum atomic E-state index is -0.794. The lowest BCUT2D eigenvalue weighted by atomic mass is 10.1. The number of benzene rings is 2. The van der Waals surface area contributed by atoms with Crippen LogP contribution < -0.4 is 4.74 Å². The zero-order valence-electron chi connectivity index (χ0n) is 10.1. The van der Waals surface area contributed by atoms with Crippen LogP contribution in [0.25, 0.3) is 0 Å². The molecule has 4 heteroatoms. The molecule has 0 saturated carbocycles. The lowest BCUT2D eigenvalue weighted by Crippen LogP contribution is -2.09. The molecule has 1 atom stereocenters. The summed E-state index contributed by atoms with van der Waals surface area (Å²) in [6.07, 6.45) is -0.794. The van der Waals surface area contributed by atoms with Crippen molar-refractivity contribution in [3.05, 3.63) is 65.5 Å². The fourth-order valence-corrected chi connectivity index (χ4v) is 1.58. The van der Waals surface area contributed by atoms with Gasteiger partial charge in [-0.05, 0) is 42.0 Å². The van der Waals surface area contributed by atoms with E-state index in [4.69, 9.17) is 10.00 Å². The van der Waals surface area contributed by atoms with E-state index in [9.17, 15) is 9.50 Å². The van der Waals surface area contributed by atoms with Gasteiger partial charge in [0.25, 0.3) is 0 Å². The van der Waals surface area contributed by atoms with E-state index in [2.05, 4.69) is 0 Å². The number of ether oxygens (including phenoxy) is 1. The molecule has 0 spiro atoms. The molecule has 0 aliphatic heterocycles. The van der Waals surface area contributed by atoms with Gasteiger partial charge >= 0.3 is 0 Å². The molecule has 0 bridgehead atoms. The molecule has 0 fully saturated rings. The van der Waals surface area contributed by atoms with Crippen LogP contribution in [0.2, 0.25) is 0 Å². The Balaban J connectivity index is 1.95. The maximum atomic E-state index is 12.7. The molecule has 0 heterocycles. The van der Waals surface area contributed by atoms with Gasteiger partial charge in [-0.1, -0.05) is 12.1 Å². The van der Waals surface area contributed by atoms with E-state index in [1.165, 1.54) is 24.3 Å². The predicted octanol–water partition coefficient (Wildman–Crippen LogP) is 2.81. The summed E-state index contributed by atoms with van der Waals surface area (Å²) in [6.45, 7) is 0.0670. The number of halogens is 1. The first-order valence-electron chi connectivity index (χ1n) is 5.75. The van der Waals surface area contributed by atoms with E-state index in [0.29, 0.717) is 16.9 Å². The van der Waals surface area contributed by atoms with E-state index in [1.807, 2.05) is 6.07 Å². The van der Waals surface area contributed by atoms with Crippen LogP contribution in [0.1, 0.15) is 17.2 Å². The molecule has 0 aromatic heterocycles. The van der Waals surface area contributed by atoms with Crippen LogP contribution in [0, 0.1) is 17.1 Å². The first-order chi connectivity index (χ1) is 9.19. The van der Waals surface area contributed by atoms with Crippen molar-refractivity contribution in [2.45, 2.75) is 6.10 Å². The molecule has 2 aromatic rings. The Labute approximate surface area is 110 Å². The molecule has 1 unspecified atom stereocenters. The second-order valence-corrected chi connectivity index (χ2v) is 4.01. The summed E-state index contributed by atoms with van der Waals surface area (Å²) in [7, 11) is 0. The lowest BCUT2D eigenvalue weighted by molar-refractivity contribution is 0.108. The normalized spacial score (nSPS) is 11.6. The van der Waals surface area contributed by atoms with Crippen LogP contribution in [-0.4, -0.2) is 11.7 Å². The van der Waals surface area contributed by atoms with Crippen molar-refractivity contribution in [2.75, 3.05) is 6.61 Å². The average Bonchev–Trinajstić information content (AvgIpc) is 2.46. The van der Waals surface area contributed by atoms with Gasteiger partial charge in [0.2, 0.25) is 0 Å². The molecule has 96 valence electrons. The molecule has 3 nitrogen and oxygen atoms in total. The van der Waals surface area contributed by atoms with Gasteiger partial charge < -0.3 is 9.84 Å². The molecule has 0 aliphatic rings. The lowest BCUT2D eigenvalue weighted by Gasteiger charge is -2.12. The van der Waals surface area contributed by atoms with Crippen LogP contribution in [0.15, 0.2) is 48.5 Å². The molecule has 0 aliphatic carbocycles. The Kier molecular flexibility index (Phi) is 4.11. The predicted molar refractivity (Wildman–Crippen MR) is 68.0 cm³/mol. The Morgan fingerprint density at radius 1 is 1.11 bits per heavy atom. The monoisotopic (exact) mass is 257 g/mol. The van der Waals surface area contributed by atoms with E-state index < -0.39 is 6.10 Å². The van der Waals surface area contributed by atoms with Crippen LogP contribution in [0.4, 0.5) is 4.39 Å². The largest absolute Gasteiger partial charge is 0.491 e. The Hall–Kier alpha value is -2.38. The number of aliphatic hydroxyl groups excluding tert-OH is 1. The topological polar surface area (TPSA) is 53.2 Å². The van der Waals surface area contributed by atoms with Gasteiger partial charge in [-0.2, -0.15) is 5.26 Å². The van der Waals surface area contributed by atoms with Gasteiger partial charge in [0.05, 0.1) is 11.6 Å². The summed E-state index contributed by atoms with van der Waals surface area (Å²) in [5.74, 6) is 0.161. The Morgan fingerprint density at radius 3 is 2.32 bits per heavy atom. The van der Waals surface area contributed by atoms with Gasteiger partial charge in [0, 0.05) is 0 Å². The first kappa shape index (κ1) is 13.1. The third-order valence-corrected chi connectivity index (χ3v) is 2.65. The standard InChI is InChI=1S/C15H12FNO2/c16-13-5-7-14(8-6-13)19-10-15(18)12-3-1-11(9-17)2-4-12/h1-8,15,18H,10H2. The first-order valence-corrected chi connectivity index (χ1v) is 5.75. The second-order valence-electron chi connectivity index (χ2n) is 4.01. The van der Waals surface area contributed by atoms with Crippen LogP contribution in [-0.2, 0) is 0 Å². The zero-order chi connectivity index (χ0) is 13.7. The molecule has 2 rings (SSSR count). The minimum absolute atomic E-state index is 0.0670. The van der Waals surface area contributed by atoms with E-state index >= 15 is 0 Å². The summed E-state index contributed by atoms with van der Waals surface area (Å²) < 4.78 is 18.0. The fraction of sp³-hybridized carbons (Fsp3) is 0.133. The molecule has 19 heavy (non-hydrogen) atoms. The maximum Gasteiger partial charge on any atom is 0.123 e. The SMILES string of the molecule is N#Cc1ccc(C(O)COc2ccc(F)cc2)cc1. The van der Waals surface area contributed by atoms with Gasteiger partial charge in [-0.15, -0.1) is 0 Å². The van der Waals surface area contributed by atoms with Crippen molar-refractivity contribution in [3.8, 4) is 11.8 Å². The Bertz CT molecular complexity index is 573. The number of nitriles is 1. The summed E-state index contributed by atoms with van der Waals surface area (Å²) in [5.41, 5.74) is 1.21. The quantitative estimate of drug-likeness (QED) is 0.916. The number of hydrogen-bond donors (Lipinski definition) is 1. The average molecular weight is 257 g/mol. The van der Waals surface area contributed by atoms with Crippen molar-refractivity contribution in [2.24, 2.45) is 0 Å². The van der Waals surface area contributed by atoms with Gasteiger partial charge in [0.1, 0.15) is 24.3 Å². The fourth-order valence-electron chi connectivity index (χ4n) is 1.58. The number of aliphatic hydroxyl groups is 1.